The maximum atomic E-state index is 12.0. The smallest absolute Gasteiger partial charge is 0.323 e. The van der Waals surface area contributed by atoms with Gasteiger partial charge in [-0.3, -0.25) is 9.69 Å². The zero-order valence-corrected chi connectivity index (χ0v) is 13.2. The molecule has 1 aliphatic carbocycles. The van der Waals surface area contributed by atoms with Crippen LogP contribution in [0.25, 0.3) is 0 Å². The molecule has 2 heterocycles. The predicted molar refractivity (Wildman–Crippen MR) is 86.1 cm³/mol. The predicted octanol–water partition coefficient (Wildman–Crippen LogP) is 1.69. The maximum absolute atomic E-state index is 12.0. The van der Waals surface area contributed by atoms with Crippen molar-refractivity contribution in [2.24, 2.45) is 5.92 Å². The number of aromatic nitrogens is 1. The summed E-state index contributed by atoms with van der Waals surface area (Å²) in [6.07, 6.45) is 7.95. The summed E-state index contributed by atoms with van der Waals surface area (Å²) in [6.45, 7) is 2.01. The lowest BCUT2D eigenvalue weighted by atomic mass is 9.94. The first-order chi connectivity index (χ1) is 10.7. The van der Waals surface area contributed by atoms with Gasteiger partial charge in [-0.2, -0.15) is 0 Å². The fourth-order valence-electron chi connectivity index (χ4n) is 2.68. The quantitative estimate of drug-likeness (QED) is 0.811. The van der Waals surface area contributed by atoms with Crippen molar-refractivity contribution in [2.75, 3.05) is 24.5 Å². The van der Waals surface area contributed by atoms with Crippen molar-refractivity contribution >= 4 is 28.4 Å². The third-order valence-corrected chi connectivity index (χ3v) is 4.85. The number of allylic oxidation sites excluding steroid dienone is 2. The summed E-state index contributed by atoms with van der Waals surface area (Å²) in [7, 11) is 0. The van der Waals surface area contributed by atoms with E-state index in [-0.39, 0.29) is 18.4 Å². The Morgan fingerprint density at radius 1 is 1.50 bits per heavy atom. The summed E-state index contributed by atoms with van der Waals surface area (Å²) in [5, 5.41) is 8.24. The van der Waals surface area contributed by atoms with Gasteiger partial charge in [0.25, 0.3) is 0 Å². The molecular formula is C15H20N4O2S. The molecule has 22 heavy (non-hydrogen) atoms. The minimum atomic E-state index is -0.115. The molecule has 1 atom stereocenters. The van der Waals surface area contributed by atoms with E-state index in [1.165, 1.54) is 11.3 Å². The van der Waals surface area contributed by atoms with Gasteiger partial charge in [-0.25, -0.2) is 9.78 Å². The fourth-order valence-corrected chi connectivity index (χ4v) is 3.53. The van der Waals surface area contributed by atoms with Crippen LogP contribution in [0.5, 0.6) is 0 Å². The molecule has 0 bridgehead atoms. The molecule has 1 fully saturated rings. The molecule has 0 aromatic carbocycles. The van der Waals surface area contributed by atoms with Gasteiger partial charge in [0.2, 0.25) is 5.91 Å². The average Bonchev–Trinajstić information content (AvgIpc) is 3.15. The van der Waals surface area contributed by atoms with E-state index < -0.39 is 0 Å². The molecule has 3 rings (SSSR count). The molecule has 7 heteroatoms. The third kappa shape index (κ3) is 3.65. The second-order valence-electron chi connectivity index (χ2n) is 5.64. The first kappa shape index (κ1) is 15.0. The van der Waals surface area contributed by atoms with Crippen LogP contribution in [-0.4, -0.2) is 36.6 Å². The third-order valence-electron chi connectivity index (χ3n) is 3.93. The highest BCUT2D eigenvalue weighted by Crippen LogP contribution is 2.22. The molecule has 1 unspecified atom stereocenters. The van der Waals surface area contributed by atoms with Gasteiger partial charge in [0.15, 0.2) is 5.13 Å². The van der Waals surface area contributed by atoms with Crippen LogP contribution >= 0.6 is 11.3 Å². The normalized spacial score (nSPS) is 21.0. The van der Waals surface area contributed by atoms with Gasteiger partial charge >= 0.3 is 6.03 Å². The summed E-state index contributed by atoms with van der Waals surface area (Å²) in [4.78, 5) is 29.6. The molecule has 1 aromatic heterocycles. The standard InChI is InChI=1S/C15H20N4O2S/c20-13(17-9-11-4-2-1-3-5-11)8-12-10-22-15(18-12)19-7-6-16-14(19)21/h1-2,10-11H,3-9H2,(H,16,21)(H,17,20). The topological polar surface area (TPSA) is 74.3 Å². The highest BCUT2D eigenvalue weighted by Gasteiger charge is 2.24. The highest BCUT2D eigenvalue weighted by atomic mass is 32.1. The molecule has 0 saturated carbocycles. The lowest BCUT2D eigenvalue weighted by molar-refractivity contribution is -0.120. The maximum Gasteiger partial charge on any atom is 0.323 e. The molecule has 2 N–H and O–H groups in total. The molecule has 3 amide bonds. The minimum Gasteiger partial charge on any atom is -0.355 e. The number of thiazole rings is 1. The Bertz CT molecular complexity index is 584. The number of hydrogen-bond donors (Lipinski definition) is 2. The summed E-state index contributed by atoms with van der Waals surface area (Å²) < 4.78 is 0. The second-order valence-corrected chi connectivity index (χ2v) is 6.47. The van der Waals surface area contributed by atoms with Crippen LogP contribution in [0.15, 0.2) is 17.5 Å². The van der Waals surface area contributed by atoms with Crippen LogP contribution in [0.3, 0.4) is 0 Å². The molecule has 0 radical (unpaired) electrons. The minimum absolute atomic E-state index is 0.00252. The van der Waals surface area contributed by atoms with E-state index in [0.717, 1.165) is 31.5 Å². The fraction of sp³-hybridized carbons (Fsp3) is 0.533. The van der Waals surface area contributed by atoms with E-state index in [4.69, 9.17) is 0 Å². The van der Waals surface area contributed by atoms with E-state index in [0.29, 0.717) is 24.1 Å². The number of amides is 3. The zero-order valence-electron chi connectivity index (χ0n) is 12.4. The van der Waals surface area contributed by atoms with Crippen LogP contribution in [0.4, 0.5) is 9.93 Å². The molecule has 1 aliphatic heterocycles. The van der Waals surface area contributed by atoms with Gasteiger partial charge in [0, 0.05) is 25.0 Å². The summed E-state index contributed by atoms with van der Waals surface area (Å²) in [6, 6.07) is -0.115. The number of carbonyl (C=O) groups is 2. The van der Waals surface area contributed by atoms with Gasteiger partial charge < -0.3 is 10.6 Å². The van der Waals surface area contributed by atoms with Gasteiger partial charge in [-0.1, -0.05) is 12.2 Å². The van der Waals surface area contributed by atoms with Crippen LogP contribution in [0.2, 0.25) is 0 Å². The highest BCUT2D eigenvalue weighted by molar-refractivity contribution is 7.14. The Morgan fingerprint density at radius 3 is 3.14 bits per heavy atom. The van der Waals surface area contributed by atoms with Gasteiger partial charge in [-0.05, 0) is 25.2 Å². The van der Waals surface area contributed by atoms with Crippen molar-refractivity contribution in [3.8, 4) is 0 Å². The molecule has 1 aromatic rings. The first-order valence-electron chi connectivity index (χ1n) is 7.64. The molecule has 0 spiro atoms. The molecule has 118 valence electrons. The Kier molecular flexibility index (Phi) is 4.72. The Morgan fingerprint density at radius 2 is 2.41 bits per heavy atom. The van der Waals surface area contributed by atoms with Crippen molar-refractivity contribution in [2.45, 2.75) is 25.7 Å². The number of anilines is 1. The largest absolute Gasteiger partial charge is 0.355 e. The van der Waals surface area contributed by atoms with E-state index in [1.54, 1.807) is 4.90 Å². The molecular weight excluding hydrogens is 300 g/mol. The Balaban J connectivity index is 1.48. The number of nitrogens with zero attached hydrogens (tertiary/aromatic N) is 2. The van der Waals surface area contributed by atoms with Crippen LogP contribution in [-0.2, 0) is 11.2 Å². The lowest BCUT2D eigenvalue weighted by Crippen LogP contribution is -2.31. The first-order valence-corrected chi connectivity index (χ1v) is 8.52. The van der Waals surface area contributed by atoms with Crippen molar-refractivity contribution in [1.82, 2.24) is 15.6 Å². The number of hydrogen-bond acceptors (Lipinski definition) is 4. The van der Waals surface area contributed by atoms with Crippen LogP contribution in [0, 0.1) is 5.92 Å². The number of urea groups is 1. The van der Waals surface area contributed by atoms with Gasteiger partial charge in [-0.15, -0.1) is 11.3 Å². The van der Waals surface area contributed by atoms with Crippen LogP contribution < -0.4 is 15.5 Å². The number of rotatable bonds is 5. The molecule has 6 nitrogen and oxygen atoms in total. The number of nitrogens with one attached hydrogen (secondary N) is 2. The Labute approximate surface area is 133 Å². The van der Waals surface area contributed by atoms with Crippen molar-refractivity contribution < 1.29 is 9.59 Å². The van der Waals surface area contributed by atoms with E-state index in [1.807, 2.05) is 5.38 Å². The summed E-state index contributed by atoms with van der Waals surface area (Å²) in [5.74, 6) is 0.547. The summed E-state index contributed by atoms with van der Waals surface area (Å²) >= 11 is 1.40. The SMILES string of the molecule is O=C(Cc1csc(N2CCNC2=O)n1)NCC1CC=CCC1. The molecule has 1 saturated heterocycles. The van der Waals surface area contributed by atoms with Gasteiger partial charge in [0.1, 0.15) is 0 Å². The van der Waals surface area contributed by atoms with E-state index in [2.05, 4.69) is 27.8 Å². The van der Waals surface area contributed by atoms with Crippen LogP contribution in [0.1, 0.15) is 25.0 Å². The zero-order chi connectivity index (χ0) is 15.4. The monoisotopic (exact) mass is 320 g/mol. The Hall–Kier alpha value is -1.89. The average molecular weight is 320 g/mol. The van der Waals surface area contributed by atoms with Crippen molar-refractivity contribution in [3.05, 3.63) is 23.2 Å². The number of carbonyl (C=O) groups excluding carboxylic acids is 2. The van der Waals surface area contributed by atoms with Crippen molar-refractivity contribution in [1.29, 1.82) is 0 Å². The van der Waals surface area contributed by atoms with Crippen molar-refractivity contribution in [3.63, 3.8) is 0 Å². The second kappa shape index (κ2) is 6.91. The lowest BCUT2D eigenvalue weighted by Gasteiger charge is -2.17. The van der Waals surface area contributed by atoms with E-state index in [9.17, 15) is 9.59 Å². The summed E-state index contributed by atoms with van der Waals surface area (Å²) in [5.41, 5.74) is 0.723. The molecule has 2 aliphatic rings. The van der Waals surface area contributed by atoms with E-state index >= 15 is 0 Å². The van der Waals surface area contributed by atoms with Gasteiger partial charge in [0.05, 0.1) is 12.1 Å².